The van der Waals surface area contributed by atoms with E-state index in [0.717, 1.165) is 0 Å². The van der Waals surface area contributed by atoms with Crippen molar-refractivity contribution in [2.75, 3.05) is 17.9 Å². The number of ether oxygens (including phenoxy) is 2. The van der Waals surface area contributed by atoms with E-state index in [1.54, 1.807) is 27.4 Å². The molecular weight excluding hydrogens is 394 g/mol. The van der Waals surface area contributed by atoms with Crippen molar-refractivity contribution in [1.82, 2.24) is 19.3 Å². The molecule has 0 atom stereocenters. The Labute approximate surface area is 171 Å². The fourth-order valence-electron chi connectivity index (χ4n) is 3.21. The van der Waals surface area contributed by atoms with Crippen LogP contribution in [0.4, 0.5) is 5.69 Å². The fourth-order valence-corrected chi connectivity index (χ4v) is 4.06. The van der Waals surface area contributed by atoms with Gasteiger partial charge in [0.25, 0.3) is 5.56 Å². The molecule has 0 spiro atoms. The molecule has 4 rings (SSSR count). The van der Waals surface area contributed by atoms with Crippen molar-refractivity contribution in [3.8, 4) is 11.5 Å². The second-order valence-corrected chi connectivity index (χ2v) is 7.39. The van der Waals surface area contributed by atoms with Gasteiger partial charge in [0.05, 0.1) is 11.4 Å². The highest BCUT2D eigenvalue weighted by atomic mass is 32.2. The van der Waals surface area contributed by atoms with Gasteiger partial charge < -0.3 is 14.8 Å². The third-order valence-electron chi connectivity index (χ3n) is 4.59. The normalized spacial score (nSPS) is 12.5. The Morgan fingerprint density at radius 2 is 2.03 bits per heavy atom. The molecule has 2 aromatic heterocycles. The molecule has 0 saturated heterocycles. The summed E-state index contributed by atoms with van der Waals surface area (Å²) in [5, 5.41) is 7.73. The van der Waals surface area contributed by atoms with Crippen LogP contribution in [0.2, 0.25) is 0 Å². The molecule has 29 heavy (non-hydrogen) atoms. The summed E-state index contributed by atoms with van der Waals surface area (Å²) in [5.74, 6) is 1.18. The van der Waals surface area contributed by atoms with Crippen LogP contribution in [0.25, 0.3) is 11.0 Å². The highest BCUT2D eigenvalue weighted by molar-refractivity contribution is 7.99. The van der Waals surface area contributed by atoms with E-state index >= 15 is 0 Å². The Morgan fingerprint density at radius 1 is 1.24 bits per heavy atom. The van der Waals surface area contributed by atoms with Gasteiger partial charge in [0.15, 0.2) is 22.2 Å². The minimum absolute atomic E-state index is 0.118. The van der Waals surface area contributed by atoms with E-state index in [1.807, 2.05) is 20.8 Å². The number of nitrogens with one attached hydrogen (secondary N) is 1. The zero-order valence-corrected chi connectivity index (χ0v) is 17.2. The van der Waals surface area contributed by atoms with Crippen LogP contribution >= 0.6 is 11.8 Å². The second-order valence-electron chi connectivity index (χ2n) is 6.45. The number of aromatic nitrogens is 4. The largest absolute Gasteiger partial charge is 0.454 e. The predicted molar refractivity (Wildman–Crippen MR) is 110 cm³/mol. The first kappa shape index (κ1) is 19.3. The maximum absolute atomic E-state index is 12.9. The van der Waals surface area contributed by atoms with Gasteiger partial charge in [-0.15, -0.1) is 0 Å². The van der Waals surface area contributed by atoms with Gasteiger partial charge in [0.1, 0.15) is 5.52 Å². The molecule has 3 heterocycles. The smallest absolute Gasteiger partial charge is 0.280 e. The number of thioether (sulfide) groups is 1. The molecule has 1 N–H and O–H groups in total. The minimum atomic E-state index is -0.202. The Kier molecular flexibility index (Phi) is 5.18. The number of hydrogen-bond acceptors (Lipinski definition) is 7. The molecule has 0 unspecified atom stereocenters. The molecule has 0 radical (unpaired) electrons. The first-order valence-electron chi connectivity index (χ1n) is 9.32. The van der Waals surface area contributed by atoms with Crippen LogP contribution in [0.15, 0.2) is 28.2 Å². The van der Waals surface area contributed by atoms with Crippen molar-refractivity contribution in [3.05, 3.63) is 34.2 Å². The second kappa shape index (κ2) is 7.78. The monoisotopic (exact) mass is 415 g/mol. The number of amides is 1. The maximum atomic E-state index is 12.9. The summed E-state index contributed by atoms with van der Waals surface area (Å²) >= 11 is 1.23. The Hall–Kier alpha value is -3.01. The summed E-state index contributed by atoms with van der Waals surface area (Å²) in [7, 11) is 0. The summed E-state index contributed by atoms with van der Waals surface area (Å²) in [4.78, 5) is 30.0. The lowest BCUT2D eigenvalue weighted by Gasteiger charge is -2.11. The number of anilines is 1. The summed E-state index contributed by atoms with van der Waals surface area (Å²) in [6.45, 7) is 6.88. The number of carbonyl (C=O) groups is 1. The summed E-state index contributed by atoms with van der Waals surface area (Å²) < 4.78 is 13.8. The van der Waals surface area contributed by atoms with Crippen molar-refractivity contribution >= 4 is 34.4 Å². The lowest BCUT2D eigenvalue weighted by atomic mass is 10.3. The van der Waals surface area contributed by atoms with E-state index in [-0.39, 0.29) is 24.0 Å². The van der Waals surface area contributed by atoms with Gasteiger partial charge in [-0.2, -0.15) is 5.10 Å². The maximum Gasteiger partial charge on any atom is 0.280 e. The van der Waals surface area contributed by atoms with Crippen LogP contribution in [-0.2, 0) is 17.9 Å². The molecule has 1 aromatic carbocycles. The lowest BCUT2D eigenvalue weighted by Crippen LogP contribution is -2.25. The number of rotatable bonds is 6. The summed E-state index contributed by atoms with van der Waals surface area (Å²) in [6, 6.07) is 5.23. The van der Waals surface area contributed by atoms with Crippen LogP contribution in [-0.4, -0.2) is 37.8 Å². The van der Waals surface area contributed by atoms with Crippen molar-refractivity contribution in [1.29, 1.82) is 0 Å². The van der Waals surface area contributed by atoms with Gasteiger partial charge in [0, 0.05) is 24.8 Å². The first-order chi connectivity index (χ1) is 14.0. The highest BCUT2D eigenvalue weighted by Gasteiger charge is 2.19. The molecule has 10 heteroatoms. The molecule has 1 aliphatic heterocycles. The van der Waals surface area contributed by atoms with Crippen LogP contribution in [0.3, 0.4) is 0 Å². The van der Waals surface area contributed by atoms with E-state index in [2.05, 4.69) is 15.4 Å². The number of benzene rings is 1. The number of aryl methyl sites for hydroxylation is 2. The average molecular weight is 415 g/mol. The number of hydrogen-bond donors (Lipinski definition) is 1. The Balaban J connectivity index is 1.54. The number of fused-ring (bicyclic) bond motifs is 2. The third kappa shape index (κ3) is 3.55. The lowest BCUT2D eigenvalue weighted by molar-refractivity contribution is -0.113. The highest BCUT2D eigenvalue weighted by Crippen LogP contribution is 2.34. The van der Waals surface area contributed by atoms with E-state index in [0.29, 0.717) is 52.2 Å². The first-order valence-corrected chi connectivity index (χ1v) is 10.3. The fraction of sp³-hybridized carbons (Fsp3) is 0.368. The van der Waals surface area contributed by atoms with Crippen molar-refractivity contribution < 1.29 is 14.3 Å². The van der Waals surface area contributed by atoms with Gasteiger partial charge in [-0.25, -0.2) is 4.98 Å². The third-order valence-corrected chi connectivity index (χ3v) is 5.56. The molecule has 0 aliphatic carbocycles. The molecule has 9 nitrogen and oxygen atoms in total. The van der Waals surface area contributed by atoms with E-state index in [1.165, 1.54) is 11.8 Å². The zero-order chi connectivity index (χ0) is 20.5. The SMILES string of the molecule is CCn1c(SCC(=O)Nc2ccc3c(c2)OCO3)nc2c(C)nn(CC)c2c1=O. The molecule has 0 fully saturated rings. The van der Waals surface area contributed by atoms with Crippen molar-refractivity contribution in [2.45, 2.75) is 39.0 Å². The van der Waals surface area contributed by atoms with Gasteiger partial charge >= 0.3 is 0 Å². The van der Waals surface area contributed by atoms with Crippen LogP contribution < -0.4 is 20.3 Å². The van der Waals surface area contributed by atoms with Gasteiger partial charge in [-0.1, -0.05) is 11.8 Å². The van der Waals surface area contributed by atoms with Crippen LogP contribution in [0.5, 0.6) is 11.5 Å². The van der Waals surface area contributed by atoms with Gasteiger partial charge in [-0.3, -0.25) is 18.8 Å². The van der Waals surface area contributed by atoms with Gasteiger partial charge in [0.2, 0.25) is 12.7 Å². The molecule has 0 bridgehead atoms. The van der Waals surface area contributed by atoms with E-state index in [4.69, 9.17) is 9.47 Å². The molecule has 3 aromatic rings. The Bertz CT molecular complexity index is 1150. The molecule has 1 aliphatic rings. The Morgan fingerprint density at radius 3 is 2.79 bits per heavy atom. The topological polar surface area (TPSA) is 100 Å². The quantitative estimate of drug-likeness (QED) is 0.487. The average Bonchev–Trinajstić information content (AvgIpc) is 3.30. The molecule has 152 valence electrons. The van der Waals surface area contributed by atoms with Crippen LogP contribution in [0, 0.1) is 6.92 Å². The minimum Gasteiger partial charge on any atom is -0.454 e. The molecular formula is C19H21N5O4S. The number of carbonyl (C=O) groups excluding carboxylic acids is 1. The van der Waals surface area contributed by atoms with Crippen LogP contribution in [0.1, 0.15) is 19.5 Å². The standard InChI is InChI=1S/C19H21N5O4S/c1-4-23-18(26)17-16(11(3)22-24(17)5-2)21-19(23)29-9-15(25)20-12-6-7-13-14(8-12)28-10-27-13/h6-8H,4-5,9-10H2,1-3H3,(H,20,25). The van der Waals surface area contributed by atoms with E-state index in [9.17, 15) is 9.59 Å². The zero-order valence-electron chi connectivity index (χ0n) is 16.4. The van der Waals surface area contributed by atoms with Crippen molar-refractivity contribution in [2.24, 2.45) is 0 Å². The summed E-state index contributed by atoms with van der Waals surface area (Å²) in [6.07, 6.45) is 0. The molecule has 1 amide bonds. The van der Waals surface area contributed by atoms with Crippen molar-refractivity contribution in [3.63, 3.8) is 0 Å². The molecule has 0 saturated carbocycles. The summed E-state index contributed by atoms with van der Waals surface area (Å²) in [5.41, 5.74) is 2.27. The predicted octanol–water partition coefficient (Wildman–Crippen LogP) is 2.40. The number of nitrogens with zero attached hydrogens (tertiary/aromatic N) is 4. The van der Waals surface area contributed by atoms with Gasteiger partial charge in [-0.05, 0) is 32.9 Å². The van der Waals surface area contributed by atoms with E-state index < -0.39 is 0 Å².